The number of rotatable bonds is 3. The van der Waals surface area contributed by atoms with Crippen LogP contribution in [0.15, 0.2) is 18.3 Å². The van der Waals surface area contributed by atoms with Gasteiger partial charge in [-0.1, -0.05) is 6.92 Å². The summed E-state index contributed by atoms with van der Waals surface area (Å²) in [5.74, 6) is 0.358. The van der Waals surface area contributed by atoms with Gasteiger partial charge in [-0.05, 0) is 25.5 Å². The highest BCUT2D eigenvalue weighted by atomic mass is 16.2. The van der Waals surface area contributed by atoms with Gasteiger partial charge in [0.2, 0.25) is 0 Å². The second kappa shape index (κ2) is 4.77. The Labute approximate surface area is 90.1 Å². The molecule has 1 aromatic heterocycles. The molecule has 0 aliphatic heterocycles. The zero-order valence-corrected chi connectivity index (χ0v) is 9.40. The first kappa shape index (κ1) is 11.5. The molecule has 1 amide bonds. The van der Waals surface area contributed by atoms with Gasteiger partial charge in [-0.15, -0.1) is 0 Å². The quantitative estimate of drug-likeness (QED) is 0.817. The Morgan fingerprint density at radius 3 is 2.87 bits per heavy atom. The molecule has 0 radical (unpaired) electrons. The van der Waals surface area contributed by atoms with E-state index in [2.05, 4.69) is 11.9 Å². The van der Waals surface area contributed by atoms with Crippen LogP contribution in [0.5, 0.6) is 0 Å². The van der Waals surface area contributed by atoms with Crippen molar-refractivity contribution in [2.24, 2.45) is 0 Å². The number of aromatic nitrogens is 1. The lowest BCUT2D eigenvalue weighted by Gasteiger charge is -2.23. The Morgan fingerprint density at radius 1 is 1.67 bits per heavy atom. The Bertz CT molecular complexity index is 351. The Morgan fingerprint density at radius 2 is 2.33 bits per heavy atom. The molecule has 1 rings (SSSR count). The predicted molar refractivity (Wildman–Crippen MR) is 60.5 cm³/mol. The van der Waals surface area contributed by atoms with Crippen molar-refractivity contribution in [2.75, 3.05) is 12.8 Å². The standard InChI is InChI=1S/C11H17N3O/c1-4-8(2)14(3)11(15)9-5-6-13-10(12)7-9/h5-8H,4H2,1-3H3,(H2,12,13). The van der Waals surface area contributed by atoms with E-state index < -0.39 is 0 Å². The zero-order valence-electron chi connectivity index (χ0n) is 9.40. The van der Waals surface area contributed by atoms with E-state index in [0.717, 1.165) is 6.42 Å². The Hall–Kier alpha value is -1.58. The van der Waals surface area contributed by atoms with Crippen molar-refractivity contribution < 1.29 is 4.79 Å². The van der Waals surface area contributed by atoms with Crippen molar-refractivity contribution in [3.63, 3.8) is 0 Å². The molecule has 1 atom stereocenters. The van der Waals surface area contributed by atoms with E-state index in [1.807, 2.05) is 6.92 Å². The largest absolute Gasteiger partial charge is 0.384 e. The van der Waals surface area contributed by atoms with Crippen LogP contribution in [0.25, 0.3) is 0 Å². The van der Waals surface area contributed by atoms with Crippen LogP contribution in [0.4, 0.5) is 5.82 Å². The van der Waals surface area contributed by atoms with Crippen LogP contribution in [0.1, 0.15) is 30.6 Å². The molecule has 15 heavy (non-hydrogen) atoms. The maximum Gasteiger partial charge on any atom is 0.254 e. The number of carbonyl (C=O) groups is 1. The summed E-state index contributed by atoms with van der Waals surface area (Å²) in [6, 6.07) is 3.51. The van der Waals surface area contributed by atoms with E-state index >= 15 is 0 Å². The molecule has 4 nitrogen and oxygen atoms in total. The summed E-state index contributed by atoms with van der Waals surface area (Å²) in [6.45, 7) is 4.07. The Kier molecular flexibility index (Phi) is 3.66. The molecule has 0 saturated carbocycles. The molecule has 0 spiro atoms. The molecule has 0 fully saturated rings. The van der Waals surface area contributed by atoms with Crippen molar-refractivity contribution >= 4 is 11.7 Å². The predicted octanol–water partition coefficient (Wildman–Crippen LogP) is 1.53. The zero-order chi connectivity index (χ0) is 11.4. The van der Waals surface area contributed by atoms with Crippen LogP contribution >= 0.6 is 0 Å². The lowest BCUT2D eigenvalue weighted by atomic mass is 10.2. The third-order valence-corrected chi connectivity index (χ3v) is 2.60. The van der Waals surface area contributed by atoms with Crippen LogP contribution in [0, 0.1) is 0 Å². The van der Waals surface area contributed by atoms with Crippen LogP contribution in [-0.4, -0.2) is 28.9 Å². The topological polar surface area (TPSA) is 59.2 Å². The van der Waals surface area contributed by atoms with Crippen molar-refractivity contribution in [1.82, 2.24) is 9.88 Å². The number of nitrogen functional groups attached to an aromatic ring is 1. The van der Waals surface area contributed by atoms with Crippen LogP contribution in [-0.2, 0) is 0 Å². The van der Waals surface area contributed by atoms with Gasteiger partial charge in [0, 0.05) is 24.8 Å². The third-order valence-electron chi connectivity index (χ3n) is 2.60. The summed E-state index contributed by atoms with van der Waals surface area (Å²) in [5.41, 5.74) is 6.11. The molecule has 2 N–H and O–H groups in total. The van der Waals surface area contributed by atoms with Gasteiger partial charge in [-0.25, -0.2) is 4.98 Å². The average Bonchev–Trinajstić information content (AvgIpc) is 2.26. The van der Waals surface area contributed by atoms with Gasteiger partial charge in [-0.2, -0.15) is 0 Å². The van der Waals surface area contributed by atoms with E-state index in [1.165, 1.54) is 0 Å². The van der Waals surface area contributed by atoms with Gasteiger partial charge in [0.25, 0.3) is 5.91 Å². The number of nitrogens with zero attached hydrogens (tertiary/aromatic N) is 2. The monoisotopic (exact) mass is 207 g/mol. The fraction of sp³-hybridized carbons (Fsp3) is 0.455. The van der Waals surface area contributed by atoms with Crippen molar-refractivity contribution in [3.8, 4) is 0 Å². The molecule has 0 saturated heterocycles. The highest BCUT2D eigenvalue weighted by Crippen LogP contribution is 2.09. The van der Waals surface area contributed by atoms with E-state index in [4.69, 9.17) is 5.73 Å². The normalized spacial score (nSPS) is 12.2. The van der Waals surface area contributed by atoms with Crippen molar-refractivity contribution in [2.45, 2.75) is 26.3 Å². The molecular weight excluding hydrogens is 190 g/mol. The molecule has 0 aromatic carbocycles. The molecule has 0 aliphatic carbocycles. The Balaban J connectivity index is 2.85. The average molecular weight is 207 g/mol. The number of pyridine rings is 1. The first-order chi connectivity index (χ1) is 7.06. The number of nitrogens with two attached hydrogens (primary N) is 1. The molecule has 1 unspecified atom stereocenters. The van der Waals surface area contributed by atoms with Crippen LogP contribution < -0.4 is 5.73 Å². The SMILES string of the molecule is CCC(C)N(C)C(=O)c1ccnc(N)c1. The van der Waals surface area contributed by atoms with Gasteiger partial charge in [0.15, 0.2) is 0 Å². The van der Waals surface area contributed by atoms with Gasteiger partial charge < -0.3 is 10.6 Å². The number of carbonyl (C=O) groups excluding carboxylic acids is 1. The lowest BCUT2D eigenvalue weighted by Crippen LogP contribution is -2.34. The fourth-order valence-electron chi connectivity index (χ4n) is 1.26. The van der Waals surface area contributed by atoms with Gasteiger partial charge in [-0.3, -0.25) is 4.79 Å². The molecule has 4 heteroatoms. The van der Waals surface area contributed by atoms with E-state index in [0.29, 0.717) is 11.4 Å². The smallest absolute Gasteiger partial charge is 0.254 e. The van der Waals surface area contributed by atoms with Crippen LogP contribution in [0.2, 0.25) is 0 Å². The maximum absolute atomic E-state index is 11.9. The summed E-state index contributed by atoms with van der Waals surface area (Å²) >= 11 is 0. The van der Waals surface area contributed by atoms with Crippen LogP contribution in [0.3, 0.4) is 0 Å². The minimum atomic E-state index is -0.0153. The third kappa shape index (κ3) is 2.68. The molecule has 0 aliphatic rings. The highest BCUT2D eigenvalue weighted by Gasteiger charge is 2.16. The van der Waals surface area contributed by atoms with E-state index in [9.17, 15) is 4.79 Å². The van der Waals surface area contributed by atoms with Crippen molar-refractivity contribution in [1.29, 1.82) is 0 Å². The summed E-state index contributed by atoms with van der Waals surface area (Å²) in [7, 11) is 1.80. The number of amides is 1. The second-order valence-corrected chi connectivity index (χ2v) is 3.64. The minimum Gasteiger partial charge on any atom is -0.384 e. The fourth-order valence-corrected chi connectivity index (χ4v) is 1.26. The molecule has 1 aromatic rings. The molecule has 82 valence electrons. The van der Waals surface area contributed by atoms with Gasteiger partial charge in [0.1, 0.15) is 5.82 Å². The summed E-state index contributed by atoms with van der Waals surface area (Å²) in [4.78, 5) is 17.5. The maximum atomic E-state index is 11.9. The van der Waals surface area contributed by atoms with Gasteiger partial charge >= 0.3 is 0 Å². The minimum absolute atomic E-state index is 0.0153. The molecule has 0 bridgehead atoms. The number of hydrogen-bond acceptors (Lipinski definition) is 3. The van der Waals surface area contributed by atoms with Crippen molar-refractivity contribution in [3.05, 3.63) is 23.9 Å². The summed E-state index contributed by atoms with van der Waals surface area (Å²) < 4.78 is 0. The van der Waals surface area contributed by atoms with Gasteiger partial charge in [0.05, 0.1) is 0 Å². The highest BCUT2D eigenvalue weighted by molar-refractivity contribution is 5.94. The first-order valence-corrected chi connectivity index (χ1v) is 5.05. The number of anilines is 1. The second-order valence-electron chi connectivity index (χ2n) is 3.64. The first-order valence-electron chi connectivity index (χ1n) is 5.05. The number of hydrogen-bond donors (Lipinski definition) is 1. The summed E-state index contributed by atoms with van der Waals surface area (Å²) in [6.07, 6.45) is 2.48. The summed E-state index contributed by atoms with van der Waals surface area (Å²) in [5, 5.41) is 0. The molecular formula is C11H17N3O. The molecule has 1 heterocycles. The van der Waals surface area contributed by atoms with E-state index in [1.54, 1.807) is 30.3 Å². The lowest BCUT2D eigenvalue weighted by molar-refractivity contribution is 0.0740. The van der Waals surface area contributed by atoms with E-state index in [-0.39, 0.29) is 11.9 Å².